The number of unbranched alkanes of at least 4 members (excludes halogenated alkanes) is 1. The van der Waals surface area contributed by atoms with Crippen molar-refractivity contribution in [3.05, 3.63) is 23.5 Å². The highest BCUT2D eigenvalue weighted by Gasteiger charge is 2.38. The molecule has 0 aromatic heterocycles. The number of hydrogen-bond donors (Lipinski definition) is 0. The Labute approximate surface area is 176 Å². The summed E-state index contributed by atoms with van der Waals surface area (Å²) in [6.07, 6.45) is 6.01. The van der Waals surface area contributed by atoms with Crippen LogP contribution in [0.4, 0.5) is 0 Å². The summed E-state index contributed by atoms with van der Waals surface area (Å²) in [7, 11) is -0.0436. The van der Waals surface area contributed by atoms with Crippen LogP contribution in [0.3, 0.4) is 0 Å². The average Bonchev–Trinajstić information content (AvgIpc) is 2.66. The molecule has 0 bridgehead atoms. The van der Waals surface area contributed by atoms with Crippen molar-refractivity contribution in [2.24, 2.45) is 0 Å². The predicted molar refractivity (Wildman–Crippen MR) is 126 cm³/mol. The molecule has 0 aromatic rings. The van der Waals surface area contributed by atoms with Gasteiger partial charge in [-0.05, 0) is 76.1 Å². The van der Waals surface area contributed by atoms with Crippen molar-refractivity contribution in [1.82, 2.24) is 0 Å². The highest BCUT2D eigenvalue weighted by atomic mass is 28.4. The SMILES string of the molecule is C/C=C(/O[Si](C)(C)C)[C@H](OC)[C@@H](O[Si](CC)(CC)CC)/C(C)=C/CCCOC. The van der Waals surface area contributed by atoms with Crippen molar-refractivity contribution in [3.63, 3.8) is 0 Å². The van der Waals surface area contributed by atoms with Crippen molar-refractivity contribution < 1.29 is 18.3 Å². The van der Waals surface area contributed by atoms with Crippen molar-refractivity contribution in [3.8, 4) is 0 Å². The maximum Gasteiger partial charge on any atom is 0.241 e. The van der Waals surface area contributed by atoms with Crippen LogP contribution in [0.25, 0.3) is 0 Å². The maximum atomic E-state index is 6.96. The Morgan fingerprint density at radius 1 is 0.964 bits per heavy atom. The molecule has 0 aliphatic carbocycles. The van der Waals surface area contributed by atoms with Gasteiger partial charge in [-0.3, -0.25) is 0 Å². The molecule has 4 nitrogen and oxygen atoms in total. The number of rotatable bonds is 15. The molecule has 0 saturated carbocycles. The van der Waals surface area contributed by atoms with Crippen molar-refractivity contribution >= 4 is 16.6 Å². The zero-order chi connectivity index (χ0) is 21.8. The van der Waals surface area contributed by atoms with Gasteiger partial charge >= 0.3 is 0 Å². The largest absolute Gasteiger partial charge is 0.546 e. The van der Waals surface area contributed by atoms with Gasteiger partial charge in [0.05, 0.1) is 6.10 Å². The van der Waals surface area contributed by atoms with Gasteiger partial charge in [-0.1, -0.05) is 26.8 Å². The minimum absolute atomic E-state index is 0.110. The summed E-state index contributed by atoms with van der Waals surface area (Å²) in [5.74, 6) is 0.905. The molecular formula is C22H46O4Si2. The first-order chi connectivity index (χ1) is 13.1. The smallest absolute Gasteiger partial charge is 0.241 e. The maximum absolute atomic E-state index is 6.96. The molecule has 0 fully saturated rings. The summed E-state index contributed by atoms with van der Waals surface area (Å²) in [6, 6.07) is 3.35. The zero-order valence-electron chi connectivity index (χ0n) is 20.2. The van der Waals surface area contributed by atoms with E-state index in [4.69, 9.17) is 18.3 Å². The zero-order valence-corrected chi connectivity index (χ0v) is 22.2. The van der Waals surface area contributed by atoms with Crippen LogP contribution in [-0.4, -0.2) is 49.7 Å². The Bertz CT molecular complexity index is 471. The molecule has 0 rings (SSSR count). The standard InChI is InChI=1S/C22H46O4Si2/c1-11-20(25-27(8,9)10)22(24-7)21(19(5)17-15-16-18-23-6)26-28(12-2,13-3)14-4/h11,17,21-22H,12-16,18H2,1-10H3/b19-17+,20-11+/t21-,22-/m0/s1. The Morgan fingerprint density at radius 3 is 1.93 bits per heavy atom. The molecule has 0 aromatic carbocycles. The minimum Gasteiger partial charge on any atom is -0.546 e. The van der Waals surface area contributed by atoms with Crippen LogP contribution in [-0.2, 0) is 18.3 Å². The van der Waals surface area contributed by atoms with Crippen LogP contribution in [0.15, 0.2) is 23.5 Å². The quantitative estimate of drug-likeness (QED) is 0.128. The van der Waals surface area contributed by atoms with Crippen LogP contribution < -0.4 is 0 Å². The molecule has 166 valence electrons. The van der Waals surface area contributed by atoms with Crippen LogP contribution in [0.1, 0.15) is 47.5 Å². The molecule has 0 radical (unpaired) electrons. The molecular weight excluding hydrogens is 384 g/mol. The molecule has 0 amide bonds. The lowest BCUT2D eigenvalue weighted by Gasteiger charge is -2.39. The summed E-state index contributed by atoms with van der Waals surface area (Å²) in [6.45, 7) is 18.4. The third kappa shape index (κ3) is 9.39. The van der Waals surface area contributed by atoms with E-state index < -0.39 is 16.6 Å². The van der Waals surface area contributed by atoms with E-state index in [0.29, 0.717) is 0 Å². The fraction of sp³-hybridized carbons (Fsp3) is 0.818. The van der Waals surface area contributed by atoms with E-state index >= 15 is 0 Å². The van der Waals surface area contributed by atoms with Gasteiger partial charge in [0.1, 0.15) is 11.9 Å². The van der Waals surface area contributed by atoms with Gasteiger partial charge in [-0.2, -0.15) is 0 Å². The topological polar surface area (TPSA) is 36.9 Å². The van der Waals surface area contributed by atoms with Crippen LogP contribution >= 0.6 is 0 Å². The Kier molecular flexibility index (Phi) is 13.6. The molecule has 0 spiro atoms. The van der Waals surface area contributed by atoms with Gasteiger partial charge in [0.2, 0.25) is 8.32 Å². The van der Waals surface area contributed by atoms with Gasteiger partial charge in [0, 0.05) is 20.8 Å². The van der Waals surface area contributed by atoms with E-state index in [-0.39, 0.29) is 12.2 Å². The van der Waals surface area contributed by atoms with Gasteiger partial charge in [0.15, 0.2) is 8.32 Å². The van der Waals surface area contributed by atoms with E-state index in [9.17, 15) is 0 Å². The highest BCUT2D eigenvalue weighted by Crippen LogP contribution is 2.31. The third-order valence-corrected chi connectivity index (χ3v) is 10.8. The molecule has 0 heterocycles. The molecule has 28 heavy (non-hydrogen) atoms. The number of methoxy groups -OCH3 is 2. The average molecular weight is 431 g/mol. The molecule has 6 heteroatoms. The normalized spacial score (nSPS) is 16.2. The second kappa shape index (κ2) is 13.7. The lowest BCUT2D eigenvalue weighted by molar-refractivity contribution is 0.0149. The molecule has 0 saturated heterocycles. The van der Waals surface area contributed by atoms with E-state index in [0.717, 1.165) is 43.3 Å². The van der Waals surface area contributed by atoms with E-state index in [1.165, 1.54) is 5.57 Å². The first-order valence-electron chi connectivity index (χ1n) is 10.8. The lowest BCUT2D eigenvalue weighted by atomic mass is 10.0. The first-order valence-corrected chi connectivity index (χ1v) is 16.8. The van der Waals surface area contributed by atoms with Crippen LogP contribution in [0, 0.1) is 0 Å². The van der Waals surface area contributed by atoms with Gasteiger partial charge < -0.3 is 18.3 Å². The summed E-state index contributed by atoms with van der Waals surface area (Å²) in [4.78, 5) is 0. The van der Waals surface area contributed by atoms with E-state index in [1.807, 2.05) is 13.0 Å². The lowest BCUT2D eigenvalue weighted by Crippen LogP contribution is -2.47. The summed E-state index contributed by atoms with van der Waals surface area (Å²) < 4.78 is 24.5. The Morgan fingerprint density at radius 2 is 1.54 bits per heavy atom. The fourth-order valence-corrected chi connectivity index (χ4v) is 7.15. The highest BCUT2D eigenvalue weighted by molar-refractivity contribution is 6.73. The Balaban J connectivity index is 5.88. The van der Waals surface area contributed by atoms with E-state index in [1.54, 1.807) is 14.2 Å². The summed E-state index contributed by atoms with van der Waals surface area (Å²) >= 11 is 0. The van der Waals surface area contributed by atoms with Crippen molar-refractivity contribution in [2.45, 2.75) is 97.4 Å². The molecule has 2 atom stereocenters. The summed E-state index contributed by atoms with van der Waals surface area (Å²) in [5, 5.41) is 0. The van der Waals surface area contributed by atoms with Gasteiger partial charge in [-0.25, -0.2) is 0 Å². The Hall–Kier alpha value is -0.406. The number of hydrogen-bond acceptors (Lipinski definition) is 4. The van der Waals surface area contributed by atoms with Gasteiger partial charge in [0.25, 0.3) is 0 Å². The second-order valence-electron chi connectivity index (χ2n) is 8.43. The monoisotopic (exact) mass is 430 g/mol. The molecule has 0 N–H and O–H groups in total. The second-order valence-corrected chi connectivity index (χ2v) is 17.6. The van der Waals surface area contributed by atoms with E-state index in [2.05, 4.69) is 53.4 Å². The minimum atomic E-state index is -1.81. The molecule has 0 aliphatic heterocycles. The summed E-state index contributed by atoms with van der Waals surface area (Å²) in [5.41, 5.74) is 1.23. The van der Waals surface area contributed by atoms with Crippen molar-refractivity contribution in [2.75, 3.05) is 20.8 Å². The van der Waals surface area contributed by atoms with Crippen LogP contribution in [0.5, 0.6) is 0 Å². The molecule has 0 aliphatic rings. The predicted octanol–water partition coefficient (Wildman–Crippen LogP) is 6.52. The van der Waals surface area contributed by atoms with Crippen LogP contribution in [0.2, 0.25) is 37.8 Å². The first kappa shape index (κ1) is 27.6. The van der Waals surface area contributed by atoms with Crippen molar-refractivity contribution in [1.29, 1.82) is 0 Å². The third-order valence-electron chi connectivity index (χ3n) is 5.30. The molecule has 0 unspecified atom stereocenters. The fourth-order valence-electron chi connectivity index (χ4n) is 3.36. The number of ether oxygens (including phenoxy) is 2. The van der Waals surface area contributed by atoms with Gasteiger partial charge in [-0.15, -0.1) is 0 Å². The number of allylic oxidation sites excluding steroid dienone is 2.